The quantitative estimate of drug-likeness (QED) is 0.848. The van der Waals surface area contributed by atoms with Crippen LogP contribution in [-0.4, -0.2) is 24.4 Å². The van der Waals surface area contributed by atoms with E-state index < -0.39 is 17.7 Å². The monoisotopic (exact) mass is 284 g/mol. The number of hydrogen-bond acceptors (Lipinski definition) is 4. The summed E-state index contributed by atoms with van der Waals surface area (Å²) in [5.74, 6) is -1.14. The minimum absolute atomic E-state index is 0.0460. The number of hydrogen-bond donors (Lipinski definition) is 1. The molecule has 0 saturated heterocycles. The first-order valence-corrected chi connectivity index (χ1v) is 6.01. The highest BCUT2D eigenvalue weighted by molar-refractivity contribution is 5.23. The number of aliphatic hydroxyl groups is 1. The third kappa shape index (κ3) is 4.32. The van der Waals surface area contributed by atoms with Crippen molar-refractivity contribution in [2.24, 2.45) is 0 Å². The Morgan fingerprint density at radius 1 is 1.15 bits per heavy atom. The Hall–Kier alpha value is -1.92. The van der Waals surface area contributed by atoms with Gasteiger partial charge in [-0.3, -0.25) is 0 Å². The molecule has 1 aromatic heterocycles. The molecule has 1 atom stereocenters. The first-order valence-electron chi connectivity index (χ1n) is 6.01. The van der Waals surface area contributed by atoms with E-state index in [0.717, 1.165) is 12.1 Å². The van der Waals surface area contributed by atoms with Crippen LogP contribution in [0.25, 0.3) is 0 Å². The van der Waals surface area contributed by atoms with E-state index >= 15 is 0 Å². The average molecular weight is 284 g/mol. The van der Waals surface area contributed by atoms with Gasteiger partial charge < -0.3 is 19.0 Å². The number of halogens is 2. The first kappa shape index (κ1) is 14.5. The van der Waals surface area contributed by atoms with E-state index in [-0.39, 0.29) is 25.6 Å². The molecule has 2 aromatic rings. The predicted octanol–water partition coefficient (Wildman–Crippen LogP) is 2.51. The Kier molecular flexibility index (Phi) is 5.09. The number of benzene rings is 1. The zero-order valence-corrected chi connectivity index (χ0v) is 10.6. The van der Waals surface area contributed by atoms with Crippen molar-refractivity contribution in [3.8, 4) is 5.75 Å². The normalized spacial score (nSPS) is 12.3. The van der Waals surface area contributed by atoms with Crippen molar-refractivity contribution in [2.45, 2.75) is 12.7 Å². The first-order chi connectivity index (χ1) is 9.65. The van der Waals surface area contributed by atoms with E-state index in [2.05, 4.69) is 0 Å². The highest BCUT2D eigenvalue weighted by Crippen LogP contribution is 2.15. The van der Waals surface area contributed by atoms with Gasteiger partial charge in [0, 0.05) is 6.07 Å². The van der Waals surface area contributed by atoms with Gasteiger partial charge in [0.2, 0.25) is 0 Å². The van der Waals surface area contributed by atoms with Crippen LogP contribution in [0.4, 0.5) is 8.78 Å². The average Bonchev–Trinajstić information content (AvgIpc) is 2.93. The molecular weight excluding hydrogens is 270 g/mol. The highest BCUT2D eigenvalue weighted by Gasteiger charge is 2.08. The van der Waals surface area contributed by atoms with E-state index in [0.29, 0.717) is 5.76 Å². The third-order valence-corrected chi connectivity index (χ3v) is 2.47. The zero-order valence-electron chi connectivity index (χ0n) is 10.6. The van der Waals surface area contributed by atoms with Gasteiger partial charge in [0.05, 0.1) is 12.9 Å². The summed E-state index contributed by atoms with van der Waals surface area (Å²) >= 11 is 0. The van der Waals surface area contributed by atoms with Crippen LogP contribution < -0.4 is 4.74 Å². The Morgan fingerprint density at radius 2 is 2.00 bits per heavy atom. The van der Waals surface area contributed by atoms with E-state index in [1.807, 2.05) is 0 Å². The number of furan rings is 1. The summed E-state index contributed by atoms with van der Waals surface area (Å²) in [7, 11) is 0. The summed E-state index contributed by atoms with van der Waals surface area (Å²) in [6.45, 7) is 0.211. The lowest BCUT2D eigenvalue weighted by Crippen LogP contribution is -2.23. The molecule has 20 heavy (non-hydrogen) atoms. The van der Waals surface area contributed by atoms with E-state index in [4.69, 9.17) is 13.9 Å². The maximum absolute atomic E-state index is 12.9. The molecule has 0 amide bonds. The lowest BCUT2D eigenvalue weighted by molar-refractivity contribution is 0.000816. The zero-order chi connectivity index (χ0) is 14.4. The van der Waals surface area contributed by atoms with Gasteiger partial charge in [-0.1, -0.05) is 0 Å². The predicted molar refractivity (Wildman–Crippen MR) is 66.2 cm³/mol. The summed E-state index contributed by atoms with van der Waals surface area (Å²) in [6.07, 6.45) is 0.652. The Balaban J connectivity index is 1.69. The smallest absolute Gasteiger partial charge is 0.162 e. The largest absolute Gasteiger partial charge is 0.491 e. The second-order valence-corrected chi connectivity index (χ2v) is 4.14. The van der Waals surface area contributed by atoms with Gasteiger partial charge in [0.15, 0.2) is 11.6 Å². The topological polar surface area (TPSA) is 51.8 Å². The Bertz CT molecular complexity index is 528. The highest BCUT2D eigenvalue weighted by atomic mass is 19.2. The molecule has 1 unspecified atom stereocenters. The molecule has 0 aliphatic rings. The molecule has 1 N–H and O–H groups in total. The molecule has 1 heterocycles. The second kappa shape index (κ2) is 7.02. The standard InChI is InChI=1S/C14H14F2O4/c15-13-4-3-11(6-14(13)16)20-8-10(17)7-18-9-12-2-1-5-19-12/h1-6,10,17H,7-9H2. The van der Waals surface area contributed by atoms with Gasteiger partial charge >= 0.3 is 0 Å². The SMILES string of the molecule is OC(COCc1ccco1)COc1ccc(F)c(F)c1. The molecule has 0 spiro atoms. The van der Waals surface area contributed by atoms with E-state index in [9.17, 15) is 13.9 Å². The summed E-state index contributed by atoms with van der Waals surface area (Å²) in [4.78, 5) is 0. The van der Waals surface area contributed by atoms with Crippen molar-refractivity contribution < 1.29 is 27.8 Å². The molecule has 108 valence electrons. The molecule has 0 fully saturated rings. The van der Waals surface area contributed by atoms with Crippen molar-refractivity contribution in [1.82, 2.24) is 0 Å². The number of rotatable bonds is 7. The lowest BCUT2D eigenvalue weighted by atomic mass is 10.3. The Labute approximate surface area is 114 Å². The van der Waals surface area contributed by atoms with E-state index in [1.165, 1.54) is 12.3 Å². The van der Waals surface area contributed by atoms with Gasteiger partial charge in [0.1, 0.15) is 30.8 Å². The fourth-order valence-electron chi connectivity index (χ4n) is 1.50. The molecule has 0 bridgehead atoms. The van der Waals surface area contributed by atoms with Crippen molar-refractivity contribution in [3.05, 3.63) is 54.0 Å². The van der Waals surface area contributed by atoms with Gasteiger partial charge in [-0.25, -0.2) is 8.78 Å². The van der Waals surface area contributed by atoms with Crippen molar-refractivity contribution in [2.75, 3.05) is 13.2 Å². The summed E-state index contributed by atoms with van der Waals surface area (Å²) in [6, 6.07) is 6.66. The van der Waals surface area contributed by atoms with Crippen LogP contribution in [0.2, 0.25) is 0 Å². The van der Waals surface area contributed by atoms with Crippen LogP contribution in [0.15, 0.2) is 41.0 Å². The molecular formula is C14H14F2O4. The minimum Gasteiger partial charge on any atom is -0.491 e. The summed E-state index contributed by atoms with van der Waals surface area (Å²) < 4.78 is 41.0. The second-order valence-electron chi connectivity index (χ2n) is 4.14. The van der Waals surface area contributed by atoms with E-state index in [1.54, 1.807) is 12.1 Å². The van der Waals surface area contributed by atoms with Gasteiger partial charge in [-0.2, -0.15) is 0 Å². The van der Waals surface area contributed by atoms with Gasteiger partial charge in [-0.05, 0) is 24.3 Å². The molecule has 2 rings (SSSR count). The Morgan fingerprint density at radius 3 is 2.70 bits per heavy atom. The summed E-state index contributed by atoms with van der Waals surface area (Å²) in [5.41, 5.74) is 0. The minimum atomic E-state index is -0.994. The van der Waals surface area contributed by atoms with Crippen LogP contribution in [-0.2, 0) is 11.3 Å². The molecule has 6 heteroatoms. The number of ether oxygens (including phenoxy) is 2. The van der Waals surface area contributed by atoms with Gasteiger partial charge in [0.25, 0.3) is 0 Å². The molecule has 4 nitrogen and oxygen atoms in total. The number of aliphatic hydroxyl groups excluding tert-OH is 1. The van der Waals surface area contributed by atoms with Crippen LogP contribution in [0.3, 0.4) is 0 Å². The maximum Gasteiger partial charge on any atom is 0.162 e. The fraction of sp³-hybridized carbons (Fsp3) is 0.286. The van der Waals surface area contributed by atoms with Crippen LogP contribution in [0.5, 0.6) is 5.75 Å². The lowest BCUT2D eigenvalue weighted by Gasteiger charge is -2.12. The summed E-state index contributed by atoms with van der Waals surface area (Å²) in [5, 5.41) is 9.61. The van der Waals surface area contributed by atoms with Crippen LogP contribution in [0.1, 0.15) is 5.76 Å². The molecule has 0 saturated carbocycles. The maximum atomic E-state index is 12.9. The molecule has 0 aliphatic carbocycles. The van der Waals surface area contributed by atoms with Gasteiger partial charge in [-0.15, -0.1) is 0 Å². The molecule has 1 aromatic carbocycles. The molecule has 0 aliphatic heterocycles. The van der Waals surface area contributed by atoms with Crippen molar-refractivity contribution in [1.29, 1.82) is 0 Å². The van der Waals surface area contributed by atoms with Crippen LogP contribution >= 0.6 is 0 Å². The van der Waals surface area contributed by atoms with Crippen molar-refractivity contribution in [3.63, 3.8) is 0 Å². The fourth-order valence-corrected chi connectivity index (χ4v) is 1.50. The van der Waals surface area contributed by atoms with Crippen LogP contribution in [0, 0.1) is 11.6 Å². The molecule has 0 radical (unpaired) electrons. The third-order valence-electron chi connectivity index (χ3n) is 2.47. The van der Waals surface area contributed by atoms with Crippen molar-refractivity contribution >= 4 is 0 Å².